The van der Waals surface area contributed by atoms with Crippen molar-refractivity contribution < 1.29 is 4.79 Å². The van der Waals surface area contributed by atoms with Crippen molar-refractivity contribution in [1.29, 1.82) is 0 Å². The summed E-state index contributed by atoms with van der Waals surface area (Å²) in [7, 11) is 1.85. The Morgan fingerprint density at radius 2 is 2.38 bits per heavy atom. The van der Waals surface area contributed by atoms with E-state index in [9.17, 15) is 4.79 Å². The van der Waals surface area contributed by atoms with Crippen molar-refractivity contribution in [3.05, 3.63) is 18.7 Å². The molecule has 2 rings (SSSR count). The average Bonchev–Trinajstić information content (AvgIpc) is 2.51. The lowest BCUT2D eigenvalue weighted by Crippen LogP contribution is -2.43. The number of amides is 1. The zero-order valence-electron chi connectivity index (χ0n) is 7.68. The summed E-state index contributed by atoms with van der Waals surface area (Å²) in [6, 6.07) is 0.456. The maximum Gasteiger partial charge on any atom is 0.329 e. The van der Waals surface area contributed by atoms with Crippen molar-refractivity contribution in [2.75, 3.05) is 7.05 Å². The Labute approximate surface area is 77.2 Å². The van der Waals surface area contributed by atoms with E-state index in [1.165, 1.54) is 17.3 Å². The van der Waals surface area contributed by atoms with Gasteiger partial charge >= 0.3 is 6.03 Å². The smallest absolute Gasteiger partial charge is 0.324 e. The van der Waals surface area contributed by atoms with Gasteiger partial charge in [0.1, 0.15) is 6.33 Å². The third-order valence-electron chi connectivity index (χ3n) is 2.65. The number of imidazole rings is 1. The molecule has 1 aliphatic rings. The summed E-state index contributed by atoms with van der Waals surface area (Å²) in [5, 5.41) is 0. The van der Waals surface area contributed by atoms with E-state index in [0.717, 1.165) is 12.8 Å². The molecule has 0 N–H and O–H groups in total. The second-order valence-corrected chi connectivity index (χ2v) is 3.45. The Balaban J connectivity index is 2.04. The van der Waals surface area contributed by atoms with Crippen LogP contribution in [0.1, 0.15) is 19.3 Å². The van der Waals surface area contributed by atoms with E-state index >= 15 is 0 Å². The van der Waals surface area contributed by atoms with Gasteiger partial charge in [0.05, 0.1) is 0 Å². The highest BCUT2D eigenvalue weighted by Gasteiger charge is 2.25. The average molecular weight is 179 g/mol. The van der Waals surface area contributed by atoms with Gasteiger partial charge in [-0.25, -0.2) is 9.78 Å². The number of nitrogens with zero attached hydrogens (tertiary/aromatic N) is 3. The summed E-state index contributed by atoms with van der Waals surface area (Å²) >= 11 is 0. The molecule has 1 aromatic heterocycles. The molecule has 0 unspecified atom stereocenters. The first-order chi connectivity index (χ1) is 6.29. The van der Waals surface area contributed by atoms with Gasteiger partial charge in [-0.05, 0) is 19.3 Å². The van der Waals surface area contributed by atoms with Crippen molar-refractivity contribution in [2.24, 2.45) is 0 Å². The van der Waals surface area contributed by atoms with E-state index in [0.29, 0.717) is 6.04 Å². The molecule has 70 valence electrons. The molecule has 1 amide bonds. The summed E-state index contributed by atoms with van der Waals surface area (Å²) in [5.41, 5.74) is 0. The van der Waals surface area contributed by atoms with Gasteiger partial charge in [0.2, 0.25) is 0 Å². The molecule has 4 nitrogen and oxygen atoms in total. The first kappa shape index (κ1) is 8.29. The molecule has 1 fully saturated rings. The highest BCUT2D eigenvalue weighted by atomic mass is 16.2. The SMILES string of the molecule is CN(C(=O)n1ccnc1)C1CCC1. The topological polar surface area (TPSA) is 38.1 Å². The van der Waals surface area contributed by atoms with E-state index in [1.54, 1.807) is 17.3 Å². The Bertz CT molecular complexity index is 290. The molecule has 0 atom stereocenters. The molecule has 0 aliphatic heterocycles. The van der Waals surface area contributed by atoms with Crippen molar-refractivity contribution >= 4 is 6.03 Å². The van der Waals surface area contributed by atoms with Gasteiger partial charge in [0.25, 0.3) is 0 Å². The minimum atomic E-state index is 0.0159. The van der Waals surface area contributed by atoms with Crippen molar-refractivity contribution in [3.63, 3.8) is 0 Å². The summed E-state index contributed by atoms with van der Waals surface area (Å²) in [5.74, 6) is 0. The molecule has 0 spiro atoms. The van der Waals surface area contributed by atoms with Crippen LogP contribution in [0.2, 0.25) is 0 Å². The van der Waals surface area contributed by atoms with Crippen molar-refractivity contribution in [1.82, 2.24) is 14.5 Å². The number of aromatic nitrogens is 2. The standard InChI is InChI=1S/C9H13N3O/c1-11(8-3-2-4-8)9(13)12-6-5-10-7-12/h5-8H,2-4H2,1H3. The van der Waals surface area contributed by atoms with Crippen LogP contribution in [0.3, 0.4) is 0 Å². The van der Waals surface area contributed by atoms with Crippen LogP contribution in [0, 0.1) is 0 Å². The highest BCUT2D eigenvalue weighted by molar-refractivity contribution is 5.76. The first-order valence-corrected chi connectivity index (χ1v) is 4.54. The van der Waals surface area contributed by atoms with Gasteiger partial charge in [-0.3, -0.25) is 4.57 Å². The largest absolute Gasteiger partial charge is 0.329 e. The monoisotopic (exact) mass is 179 g/mol. The minimum absolute atomic E-state index is 0.0159. The molecule has 1 aliphatic carbocycles. The molecule has 0 aromatic carbocycles. The fourth-order valence-corrected chi connectivity index (χ4v) is 1.48. The summed E-state index contributed by atoms with van der Waals surface area (Å²) in [6.07, 6.45) is 8.35. The maximum absolute atomic E-state index is 11.7. The van der Waals surface area contributed by atoms with Gasteiger partial charge in [-0.15, -0.1) is 0 Å². The predicted molar refractivity (Wildman–Crippen MR) is 48.4 cm³/mol. The van der Waals surface area contributed by atoms with Gasteiger partial charge < -0.3 is 4.90 Å². The van der Waals surface area contributed by atoms with Crippen LogP contribution in [0.5, 0.6) is 0 Å². The number of hydrogen-bond acceptors (Lipinski definition) is 2. The molecule has 13 heavy (non-hydrogen) atoms. The lowest BCUT2D eigenvalue weighted by molar-refractivity contribution is 0.159. The van der Waals surface area contributed by atoms with Crippen LogP contribution in [-0.4, -0.2) is 33.6 Å². The van der Waals surface area contributed by atoms with E-state index in [2.05, 4.69) is 4.98 Å². The lowest BCUT2D eigenvalue weighted by Gasteiger charge is -2.34. The van der Waals surface area contributed by atoms with Crippen LogP contribution >= 0.6 is 0 Å². The van der Waals surface area contributed by atoms with E-state index in [-0.39, 0.29) is 6.03 Å². The second kappa shape index (κ2) is 3.20. The van der Waals surface area contributed by atoms with Crippen LogP contribution < -0.4 is 0 Å². The van der Waals surface area contributed by atoms with Gasteiger partial charge in [-0.1, -0.05) is 0 Å². The van der Waals surface area contributed by atoms with E-state index in [1.807, 2.05) is 7.05 Å². The van der Waals surface area contributed by atoms with Crippen LogP contribution in [0.25, 0.3) is 0 Å². The zero-order chi connectivity index (χ0) is 9.26. The first-order valence-electron chi connectivity index (χ1n) is 4.54. The Morgan fingerprint density at radius 3 is 2.85 bits per heavy atom. The lowest BCUT2D eigenvalue weighted by atomic mass is 9.92. The van der Waals surface area contributed by atoms with Crippen molar-refractivity contribution in [3.8, 4) is 0 Å². The summed E-state index contributed by atoms with van der Waals surface area (Å²) in [4.78, 5) is 17.3. The molecule has 0 saturated heterocycles. The quantitative estimate of drug-likeness (QED) is 0.652. The zero-order valence-corrected chi connectivity index (χ0v) is 7.68. The van der Waals surface area contributed by atoms with Crippen molar-refractivity contribution in [2.45, 2.75) is 25.3 Å². The normalized spacial score (nSPS) is 16.7. The number of rotatable bonds is 1. The fourth-order valence-electron chi connectivity index (χ4n) is 1.48. The summed E-state index contributed by atoms with van der Waals surface area (Å²) < 4.78 is 1.51. The molecule has 4 heteroatoms. The molecular formula is C9H13N3O. The third kappa shape index (κ3) is 1.43. The van der Waals surface area contributed by atoms with Crippen LogP contribution in [0.4, 0.5) is 4.79 Å². The molecule has 0 bridgehead atoms. The van der Waals surface area contributed by atoms with Gasteiger partial charge in [0, 0.05) is 25.5 Å². The van der Waals surface area contributed by atoms with E-state index < -0.39 is 0 Å². The molecular weight excluding hydrogens is 166 g/mol. The van der Waals surface area contributed by atoms with Crippen LogP contribution in [-0.2, 0) is 0 Å². The Hall–Kier alpha value is -1.32. The van der Waals surface area contributed by atoms with Gasteiger partial charge in [0.15, 0.2) is 0 Å². The molecule has 1 aromatic rings. The Kier molecular flexibility index (Phi) is 2.04. The molecule has 1 heterocycles. The number of carbonyl (C=O) groups is 1. The number of carbonyl (C=O) groups excluding carboxylic acids is 1. The predicted octanol–water partition coefficient (Wildman–Crippen LogP) is 1.34. The van der Waals surface area contributed by atoms with E-state index in [4.69, 9.17) is 0 Å². The third-order valence-corrected chi connectivity index (χ3v) is 2.65. The maximum atomic E-state index is 11.7. The highest BCUT2D eigenvalue weighted by Crippen LogP contribution is 2.23. The number of hydrogen-bond donors (Lipinski definition) is 0. The minimum Gasteiger partial charge on any atom is -0.324 e. The van der Waals surface area contributed by atoms with Crippen LogP contribution in [0.15, 0.2) is 18.7 Å². The Morgan fingerprint density at radius 1 is 1.62 bits per heavy atom. The molecule has 0 radical (unpaired) electrons. The van der Waals surface area contributed by atoms with Gasteiger partial charge in [-0.2, -0.15) is 0 Å². The summed E-state index contributed by atoms with van der Waals surface area (Å²) in [6.45, 7) is 0. The second-order valence-electron chi connectivity index (χ2n) is 3.45. The fraction of sp³-hybridized carbons (Fsp3) is 0.556. The molecule has 1 saturated carbocycles.